The van der Waals surface area contributed by atoms with Gasteiger partial charge in [0.15, 0.2) is 0 Å². The molecule has 0 radical (unpaired) electrons. The van der Waals surface area contributed by atoms with Crippen LogP contribution in [0.3, 0.4) is 0 Å². The number of nitrogens with one attached hydrogen (secondary N) is 1. The van der Waals surface area contributed by atoms with Crippen molar-refractivity contribution in [2.75, 3.05) is 6.54 Å². The van der Waals surface area contributed by atoms with Crippen LogP contribution in [0, 0.1) is 5.92 Å². The summed E-state index contributed by atoms with van der Waals surface area (Å²) in [7, 11) is 0. The summed E-state index contributed by atoms with van der Waals surface area (Å²) >= 11 is 1.91. The molecular weight excluding hydrogens is 214 g/mol. The molecule has 0 aliphatic carbocycles. The van der Waals surface area contributed by atoms with Crippen LogP contribution in [0.15, 0.2) is 11.4 Å². The third-order valence-corrected chi connectivity index (χ3v) is 4.34. The van der Waals surface area contributed by atoms with Gasteiger partial charge in [0.25, 0.3) is 0 Å². The van der Waals surface area contributed by atoms with Crippen LogP contribution in [-0.2, 0) is 6.42 Å². The van der Waals surface area contributed by atoms with Crippen LogP contribution in [0.25, 0.3) is 0 Å². The van der Waals surface area contributed by atoms with Crippen LogP contribution in [-0.4, -0.2) is 6.54 Å². The van der Waals surface area contributed by atoms with Crippen molar-refractivity contribution in [2.45, 2.75) is 53.0 Å². The zero-order valence-corrected chi connectivity index (χ0v) is 11.9. The zero-order valence-electron chi connectivity index (χ0n) is 11.0. The molecule has 0 saturated carbocycles. The third-order valence-electron chi connectivity index (χ3n) is 3.26. The standard InChI is InChI=1S/C14H25NS/c1-5-11(4)10-13(15-7-3)14-12(6-2)8-9-16-14/h8-9,11,13,15H,5-7,10H2,1-4H3. The van der Waals surface area contributed by atoms with E-state index in [1.54, 1.807) is 4.88 Å². The van der Waals surface area contributed by atoms with Gasteiger partial charge in [-0.25, -0.2) is 0 Å². The van der Waals surface area contributed by atoms with E-state index >= 15 is 0 Å². The fourth-order valence-corrected chi connectivity index (χ4v) is 3.13. The van der Waals surface area contributed by atoms with Gasteiger partial charge in [-0.2, -0.15) is 0 Å². The maximum atomic E-state index is 3.64. The molecule has 0 aliphatic rings. The van der Waals surface area contributed by atoms with Gasteiger partial charge in [0.05, 0.1) is 0 Å². The normalized spacial score (nSPS) is 15.0. The topological polar surface area (TPSA) is 12.0 Å². The summed E-state index contributed by atoms with van der Waals surface area (Å²) < 4.78 is 0. The summed E-state index contributed by atoms with van der Waals surface area (Å²) in [6, 6.07) is 2.84. The van der Waals surface area contributed by atoms with E-state index in [0.29, 0.717) is 6.04 Å². The first-order valence-corrected chi connectivity index (χ1v) is 7.40. The van der Waals surface area contributed by atoms with E-state index in [4.69, 9.17) is 0 Å². The van der Waals surface area contributed by atoms with Crippen LogP contribution < -0.4 is 5.32 Å². The fourth-order valence-electron chi connectivity index (χ4n) is 2.04. The Bertz CT molecular complexity index is 293. The van der Waals surface area contributed by atoms with Gasteiger partial charge in [-0.3, -0.25) is 0 Å². The Hall–Kier alpha value is -0.340. The molecule has 1 heterocycles. The number of aryl methyl sites for hydroxylation is 1. The molecule has 92 valence electrons. The fraction of sp³-hybridized carbons (Fsp3) is 0.714. The molecule has 16 heavy (non-hydrogen) atoms. The smallest absolute Gasteiger partial charge is 0.0420 e. The molecule has 1 aromatic rings. The molecule has 1 nitrogen and oxygen atoms in total. The van der Waals surface area contributed by atoms with Crippen molar-refractivity contribution in [3.63, 3.8) is 0 Å². The Labute approximate surface area is 104 Å². The van der Waals surface area contributed by atoms with Crippen LogP contribution >= 0.6 is 11.3 Å². The molecule has 0 aliphatic heterocycles. The molecule has 2 heteroatoms. The minimum atomic E-state index is 0.565. The first-order chi connectivity index (χ1) is 7.72. The lowest BCUT2D eigenvalue weighted by Gasteiger charge is -2.21. The predicted octanol–water partition coefficient (Wildman–Crippen LogP) is 4.40. The molecule has 2 atom stereocenters. The average molecular weight is 239 g/mol. The molecular formula is C14H25NS. The van der Waals surface area contributed by atoms with Crippen LogP contribution in [0.4, 0.5) is 0 Å². The lowest BCUT2D eigenvalue weighted by Crippen LogP contribution is -2.22. The number of hydrogen-bond acceptors (Lipinski definition) is 2. The van der Waals surface area contributed by atoms with Crippen molar-refractivity contribution in [3.05, 3.63) is 21.9 Å². The van der Waals surface area contributed by atoms with Crippen molar-refractivity contribution in [3.8, 4) is 0 Å². The predicted molar refractivity (Wildman–Crippen MR) is 74.2 cm³/mol. The zero-order chi connectivity index (χ0) is 12.0. The molecule has 0 amide bonds. The average Bonchev–Trinajstić information content (AvgIpc) is 2.76. The van der Waals surface area contributed by atoms with Crippen molar-refractivity contribution in [1.29, 1.82) is 0 Å². The van der Waals surface area contributed by atoms with Gasteiger partial charge in [-0.05, 0) is 42.3 Å². The van der Waals surface area contributed by atoms with E-state index in [1.807, 2.05) is 11.3 Å². The first kappa shape index (κ1) is 13.7. The molecule has 1 rings (SSSR count). The highest BCUT2D eigenvalue weighted by Crippen LogP contribution is 2.30. The molecule has 0 aromatic carbocycles. The summed E-state index contributed by atoms with van der Waals surface area (Å²) in [6.45, 7) is 10.1. The first-order valence-electron chi connectivity index (χ1n) is 6.52. The molecule has 1 N–H and O–H groups in total. The van der Waals surface area contributed by atoms with Crippen LogP contribution in [0.2, 0.25) is 0 Å². The van der Waals surface area contributed by atoms with Crippen molar-refractivity contribution in [2.24, 2.45) is 5.92 Å². The van der Waals surface area contributed by atoms with Gasteiger partial charge in [-0.1, -0.05) is 34.1 Å². The maximum Gasteiger partial charge on any atom is 0.0420 e. The Morgan fingerprint density at radius 1 is 1.31 bits per heavy atom. The molecule has 0 spiro atoms. The monoisotopic (exact) mass is 239 g/mol. The summed E-state index contributed by atoms with van der Waals surface area (Å²) in [5, 5.41) is 5.87. The SMILES string of the molecule is CCNC(CC(C)CC)c1sccc1CC. The summed E-state index contributed by atoms with van der Waals surface area (Å²) in [5.41, 5.74) is 1.53. The second-order valence-electron chi connectivity index (χ2n) is 4.52. The lowest BCUT2D eigenvalue weighted by atomic mass is 9.96. The largest absolute Gasteiger partial charge is 0.310 e. The van der Waals surface area contributed by atoms with E-state index < -0.39 is 0 Å². The summed E-state index contributed by atoms with van der Waals surface area (Å²) in [6.07, 6.45) is 3.69. The minimum Gasteiger partial charge on any atom is -0.310 e. The highest BCUT2D eigenvalue weighted by molar-refractivity contribution is 7.10. The Balaban J connectivity index is 2.76. The molecule has 2 unspecified atom stereocenters. The molecule has 0 fully saturated rings. The van der Waals surface area contributed by atoms with Gasteiger partial charge in [0.1, 0.15) is 0 Å². The lowest BCUT2D eigenvalue weighted by molar-refractivity contribution is 0.411. The van der Waals surface area contributed by atoms with Gasteiger partial charge in [0, 0.05) is 10.9 Å². The van der Waals surface area contributed by atoms with Crippen LogP contribution in [0.1, 0.15) is 57.0 Å². The molecule has 0 saturated heterocycles. The number of thiophene rings is 1. The van der Waals surface area contributed by atoms with E-state index in [2.05, 4.69) is 44.5 Å². The quantitative estimate of drug-likeness (QED) is 0.744. The van der Waals surface area contributed by atoms with Crippen LogP contribution in [0.5, 0.6) is 0 Å². The second kappa shape index (κ2) is 7.08. The van der Waals surface area contributed by atoms with Crippen molar-refractivity contribution in [1.82, 2.24) is 5.32 Å². The Morgan fingerprint density at radius 3 is 2.62 bits per heavy atom. The Morgan fingerprint density at radius 2 is 2.06 bits per heavy atom. The van der Waals surface area contributed by atoms with Crippen molar-refractivity contribution >= 4 is 11.3 Å². The number of rotatable bonds is 7. The van der Waals surface area contributed by atoms with Gasteiger partial charge < -0.3 is 5.32 Å². The highest BCUT2D eigenvalue weighted by atomic mass is 32.1. The number of hydrogen-bond donors (Lipinski definition) is 1. The summed E-state index contributed by atoms with van der Waals surface area (Å²) in [4.78, 5) is 1.56. The third kappa shape index (κ3) is 3.60. The highest BCUT2D eigenvalue weighted by Gasteiger charge is 2.17. The van der Waals surface area contributed by atoms with E-state index in [-0.39, 0.29) is 0 Å². The molecule has 0 bridgehead atoms. The van der Waals surface area contributed by atoms with Crippen molar-refractivity contribution < 1.29 is 0 Å². The minimum absolute atomic E-state index is 0.565. The maximum absolute atomic E-state index is 3.64. The second-order valence-corrected chi connectivity index (χ2v) is 5.47. The summed E-state index contributed by atoms with van der Waals surface area (Å²) in [5.74, 6) is 0.802. The van der Waals surface area contributed by atoms with Gasteiger partial charge in [-0.15, -0.1) is 11.3 Å². The Kier molecular flexibility index (Phi) is 6.07. The van der Waals surface area contributed by atoms with Gasteiger partial charge >= 0.3 is 0 Å². The van der Waals surface area contributed by atoms with E-state index in [9.17, 15) is 0 Å². The van der Waals surface area contributed by atoms with E-state index in [1.165, 1.54) is 18.4 Å². The van der Waals surface area contributed by atoms with Gasteiger partial charge in [0.2, 0.25) is 0 Å². The molecule has 1 aromatic heterocycles. The van der Waals surface area contributed by atoms with E-state index in [0.717, 1.165) is 18.9 Å².